The first-order chi connectivity index (χ1) is 13.6. The zero-order chi connectivity index (χ0) is 19.5. The third kappa shape index (κ3) is 4.03. The van der Waals surface area contributed by atoms with Crippen LogP contribution in [0.15, 0.2) is 48.8 Å². The van der Waals surface area contributed by atoms with Gasteiger partial charge in [0.15, 0.2) is 5.82 Å². The summed E-state index contributed by atoms with van der Waals surface area (Å²) < 4.78 is 1.74. The lowest BCUT2D eigenvalue weighted by molar-refractivity contribution is -0.130. The van der Waals surface area contributed by atoms with E-state index in [1.165, 1.54) is 5.56 Å². The Labute approximate surface area is 164 Å². The van der Waals surface area contributed by atoms with Crippen LogP contribution >= 0.6 is 0 Å². The van der Waals surface area contributed by atoms with Crippen LogP contribution in [0.5, 0.6) is 0 Å². The fraction of sp³-hybridized carbons (Fsp3) is 0.333. The molecule has 4 rings (SSSR count). The molecule has 144 valence electrons. The summed E-state index contributed by atoms with van der Waals surface area (Å²) in [6.07, 6.45) is 4.06. The molecule has 0 saturated carbocycles. The van der Waals surface area contributed by atoms with E-state index in [9.17, 15) is 4.79 Å². The van der Waals surface area contributed by atoms with Crippen LogP contribution in [0, 0.1) is 13.8 Å². The van der Waals surface area contributed by atoms with E-state index in [0.29, 0.717) is 25.3 Å². The van der Waals surface area contributed by atoms with Crippen molar-refractivity contribution in [2.45, 2.75) is 20.3 Å². The third-order valence-corrected chi connectivity index (χ3v) is 4.94. The maximum atomic E-state index is 12.7. The SMILES string of the molecule is Cc1cccc(CC(=O)N2CCN(c3cc(-n4cccn4)nc(C)n3)CC2)c1. The predicted octanol–water partition coefficient (Wildman–Crippen LogP) is 2.17. The van der Waals surface area contributed by atoms with Crippen molar-refractivity contribution in [1.29, 1.82) is 0 Å². The number of hydrogen-bond donors (Lipinski definition) is 0. The number of rotatable bonds is 4. The van der Waals surface area contributed by atoms with E-state index in [1.807, 2.05) is 55.3 Å². The number of carbonyl (C=O) groups is 1. The first-order valence-corrected chi connectivity index (χ1v) is 9.52. The number of anilines is 1. The fourth-order valence-corrected chi connectivity index (χ4v) is 3.51. The Bertz CT molecular complexity index is 961. The molecule has 7 nitrogen and oxygen atoms in total. The Balaban J connectivity index is 1.41. The van der Waals surface area contributed by atoms with Crippen LogP contribution in [0.1, 0.15) is 17.0 Å². The summed E-state index contributed by atoms with van der Waals surface area (Å²) in [5, 5.41) is 4.25. The summed E-state index contributed by atoms with van der Waals surface area (Å²) in [5.41, 5.74) is 2.25. The van der Waals surface area contributed by atoms with Crippen LogP contribution in [0.3, 0.4) is 0 Å². The van der Waals surface area contributed by atoms with Crippen LogP contribution in [-0.4, -0.2) is 56.7 Å². The largest absolute Gasteiger partial charge is 0.353 e. The average Bonchev–Trinajstić information content (AvgIpc) is 3.22. The molecule has 0 atom stereocenters. The Morgan fingerprint density at radius 1 is 1.00 bits per heavy atom. The molecule has 0 bridgehead atoms. The molecule has 1 saturated heterocycles. The van der Waals surface area contributed by atoms with Crippen LogP contribution < -0.4 is 4.90 Å². The zero-order valence-corrected chi connectivity index (χ0v) is 16.2. The van der Waals surface area contributed by atoms with Crippen molar-refractivity contribution in [3.63, 3.8) is 0 Å². The maximum Gasteiger partial charge on any atom is 0.227 e. The van der Waals surface area contributed by atoms with Gasteiger partial charge in [0.05, 0.1) is 6.42 Å². The molecule has 1 fully saturated rings. The Morgan fingerprint density at radius 3 is 2.50 bits per heavy atom. The van der Waals surface area contributed by atoms with Gasteiger partial charge < -0.3 is 9.80 Å². The summed E-state index contributed by atoms with van der Waals surface area (Å²) >= 11 is 0. The number of piperazine rings is 1. The second-order valence-corrected chi connectivity index (χ2v) is 7.12. The van der Waals surface area contributed by atoms with Gasteiger partial charge in [-0.1, -0.05) is 29.8 Å². The van der Waals surface area contributed by atoms with Gasteiger partial charge in [-0.2, -0.15) is 5.10 Å². The smallest absolute Gasteiger partial charge is 0.227 e. The highest BCUT2D eigenvalue weighted by atomic mass is 16.2. The van der Waals surface area contributed by atoms with E-state index >= 15 is 0 Å². The second-order valence-electron chi connectivity index (χ2n) is 7.12. The van der Waals surface area contributed by atoms with Gasteiger partial charge in [0, 0.05) is 44.6 Å². The summed E-state index contributed by atoms with van der Waals surface area (Å²) in [6.45, 7) is 6.85. The van der Waals surface area contributed by atoms with E-state index in [4.69, 9.17) is 0 Å². The summed E-state index contributed by atoms with van der Waals surface area (Å²) in [7, 11) is 0. The molecule has 7 heteroatoms. The Morgan fingerprint density at radius 2 is 1.79 bits per heavy atom. The zero-order valence-electron chi connectivity index (χ0n) is 16.2. The van der Waals surface area contributed by atoms with Crippen molar-refractivity contribution in [2.24, 2.45) is 0 Å². The quantitative estimate of drug-likeness (QED) is 0.698. The van der Waals surface area contributed by atoms with E-state index in [1.54, 1.807) is 10.9 Å². The lowest BCUT2D eigenvalue weighted by Gasteiger charge is -2.35. The summed E-state index contributed by atoms with van der Waals surface area (Å²) in [4.78, 5) is 25.9. The molecule has 0 N–H and O–H groups in total. The van der Waals surface area contributed by atoms with Gasteiger partial charge in [-0.05, 0) is 25.5 Å². The van der Waals surface area contributed by atoms with E-state index < -0.39 is 0 Å². The van der Waals surface area contributed by atoms with Crippen molar-refractivity contribution >= 4 is 11.7 Å². The highest BCUT2D eigenvalue weighted by Gasteiger charge is 2.22. The van der Waals surface area contributed by atoms with Crippen LogP contribution in [0.2, 0.25) is 0 Å². The number of aromatic nitrogens is 4. The fourth-order valence-electron chi connectivity index (χ4n) is 3.51. The van der Waals surface area contributed by atoms with Crippen molar-refractivity contribution in [1.82, 2.24) is 24.6 Å². The number of nitrogens with zero attached hydrogens (tertiary/aromatic N) is 6. The molecule has 0 aliphatic carbocycles. The molecule has 0 spiro atoms. The van der Waals surface area contributed by atoms with Gasteiger partial charge in [0.25, 0.3) is 0 Å². The number of benzene rings is 1. The Hall–Kier alpha value is -3.22. The molecule has 3 heterocycles. The van der Waals surface area contributed by atoms with Crippen LogP contribution in [0.25, 0.3) is 5.82 Å². The van der Waals surface area contributed by atoms with Gasteiger partial charge in [0.1, 0.15) is 11.6 Å². The first kappa shape index (κ1) is 18.2. The molecule has 1 aliphatic heterocycles. The highest BCUT2D eigenvalue weighted by Crippen LogP contribution is 2.18. The summed E-state index contributed by atoms with van der Waals surface area (Å²) in [5.74, 6) is 2.52. The second kappa shape index (κ2) is 7.80. The van der Waals surface area contributed by atoms with Gasteiger partial charge in [0.2, 0.25) is 5.91 Å². The topological polar surface area (TPSA) is 67.2 Å². The molecule has 0 radical (unpaired) electrons. The van der Waals surface area contributed by atoms with Crippen LogP contribution in [-0.2, 0) is 11.2 Å². The third-order valence-electron chi connectivity index (χ3n) is 4.94. The average molecular weight is 376 g/mol. The molecule has 28 heavy (non-hydrogen) atoms. The van der Waals surface area contributed by atoms with Gasteiger partial charge in [-0.25, -0.2) is 14.6 Å². The molecule has 1 aliphatic rings. The van der Waals surface area contributed by atoms with Crippen molar-refractivity contribution in [3.05, 3.63) is 65.7 Å². The normalized spacial score (nSPS) is 14.4. The Kier molecular flexibility index (Phi) is 5.06. The van der Waals surface area contributed by atoms with E-state index in [0.717, 1.165) is 30.3 Å². The van der Waals surface area contributed by atoms with Crippen LogP contribution in [0.4, 0.5) is 5.82 Å². The lowest BCUT2D eigenvalue weighted by atomic mass is 10.1. The van der Waals surface area contributed by atoms with E-state index in [2.05, 4.69) is 26.0 Å². The van der Waals surface area contributed by atoms with Crippen molar-refractivity contribution in [2.75, 3.05) is 31.1 Å². The van der Waals surface area contributed by atoms with Crippen molar-refractivity contribution < 1.29 is 4.79 Å². The monoisotopic (exact) mass is 376 g/mol. The molecule has 3 aromatic rings. The number of amides is 1. The number of hydrogen-bond acceptors (Lipinski definition) is 5. The molecule has 0 unspecified atom stereocenters. The molecule has 2 aromatic heterocycles. The molecule has 1 amide bonds. The highest BCUT2D eigenvalue weighted by molar-refractivity contribution is 5.79. The minimum Gasteiger partial charge on any atom is -0.353 e. The molecular weight excluding hydrogens is 352 g/mol. The lowest BCUT2D eigenvalue weighted by Crippen LogP contribution is -2.49. The minimum atomic E-state index is 0.182. The van der Waals surface area contributed by atoms with Gasteiger partial charge >= 0.3 is 0 Å². The summed E-state index contributed by atoms with van der Waals surface area (Å²) in [6, 6.07) is 12.0. The van der Waals surface area contributed by atoms with Gasteiger partial charge in [-0.3, -0.25) is 4.79 Å². The molecule has 1 aromatic carbocycles. The van der Waals surface area contributed by atoms with Gasteiger partial charge in [-0.15, -0.1) is 0 Å². The van der Waals surface area contributed by atoms with E-state index in [-0.39, 0.29) is 5.91 Å². The maximum absolute atomic E-state index is 12.7. The minimum absolute atomic E-state index is 0.182. The first-order valence-electron chi connectivity index (χ1n) is 9.52. The molecular formula is C21H24N6O. The predicted molar refractivity (Wildman–Crippen MR) is 108 cm³/mol. The standard InChI is InChI=1S/C21H24N6O/c1-16-5-3-6-18(13-16)14-21(28)26-11-9-25(10-12-26)19-15-20(24-17(2)23-19)27-8-4-7-22-27/h3-8,13,15H,9-12,14H2,1-2H3. The van der Waals surface area contributed by atoms with Crippen molar-refractivity contribution in [3.8, 4) is 5.82 Å². The number of aryl methyl sites for hydroxylation is 2. The number of carbonyl (C=O) groups excluding carboxylic acids is 1.